The fourth-order valence-electron chi connectivity index (χ4n) is 2.71. The third-order valence-corrected chi connectivity index (χ3v) is 3.99. The number of Topliss-reactive ketones (excluding diaryl/α,β-unsaturated/α-hetero) is 1. The quantitative estimate of drug-likeness (QED) is 0.571. The van der Waals surface area contributed by atoms with E-state index >= 15 is 0 Å². The van der Waals surface area contributed by atoms with Crippen molar-refractivity contribution in [2.75, 3.05) is 0 Å². The number of amides is 2. The van der Waals surface area contributed by atoms with Gasteiger partial charge in [-0.2, -0.15) is 5.10 Å². The van der Waals surface area contributed by atoms with Gasteiger partial charge in [0.15, 0.2) is 5.82 Å². The van der Waals surface area contributed by atoms with Gasteiger partial charge in [-0.3, -0.25) is 14.4 Å². The highest BCUT2D eigenvalue weighted by atomic mass is 16.2. The van der Waals surface area contributed by atoms with Gasteiger partial charge in [-0.05, 0) is 18.6 Å². The van der Waals surface area contributed by atoms with E-state index in [2.05, 4.69) is 20.4 Å². The maximum atomic E-state index is 12.9. The molecule has 2 amide bonds. The van der Waals surface area contributed by atoms with Crippen molar-refractivity contribution in [3.63, 3.8) is 0 Å². The minimum absolute atomic E-state index is 0.134. The lowest BCUT2D eigenvalue weighted by molar-refractivity contribution is -0.137. The molecule has 9 nitrogen and oxygen atoms in total. The van der Waals surface area contributed by atoms with Crippen molar-refractivity contribution in [3.8, 4) is 5.82 Å². The van der Waals surface area contributed by atoms with Crippen LogP contribution in [0, 0.1) is 6.92 Å². The van der Waals surface area contributed by atoms with Gasteiger partial charge in [0.25, 0.3) is 11.8 Å². The Morgan fingerprint density at radius 3 is 2.57 bits per heavy atom. The number of carbonyl (C=O) groups is 3. The zero-order valence-corrected chi connectivity index (χ0v) is 15.1. The number of nitrogens with two attached hydrogens (primary N) is 1. The predicted molar refractivity (Wildman–Crippen MR) is 99.5 cm³/mol. The van der Waals surface area contributed by atoms with Gasteiger partial charge in [0.05, 0.1) is 5.69 Å². The minimum atomic E-state index is -1.11. The number of hydrogen-bond donors (Lipinski definition) is 2. The number of aromatic nitrogens is 4. The first-order valence-electron chi connectivity index (χ1n) is 8.47. The molecule has 0 aliphatic carbocycles. The maximum Gasteiger partial charge on any atom is 0.287 e. The van der Waals surface area contributed by atoms with Crippen LogP contribution in [0.5, 0.6) is 0 Å². The molecule has 0 fully saturated rings. The molecule has 0 spiro atoms. The Balaban J connectivity index is 1.88. The molecule has 0 aliphatic rings. The summed E-state index contributed by atoms with van der Waals surface area (Å²) in [5, 5.41) is 6.86. The molecule has 0 radical (unpaired) electrons. The molecule has 28 heavy (non-hydrogen) atoms. The van der Waals surface area contributed by atoms with Crippen molar-refractivity contribution in [3.05, 3.63) is 71.9 Å². The first-order chi connectivity index (χ1) is 13.5. The number of nitrogens with zero attached hydrogens (tertiary/aromatic N) is 4. The second kappa shape index (κ2) is 8.21. The Hall–Kier alpha value is -3.88. The zero-order valence-electron chi connectivity index (χ0n) is 15.1. The summed E-state index contributed by atoms with van der Waals surface area (Å²) in [7, 11) is 0. The lowest BCUT2D eigenvalue weighted by Gasteiger charge is -2.16. The van der Waals surface area contributed by atoms with Crippen LogP contribution in [0.4, 0.5) is 0 Å². The Kier molecular flexibility index (Phi) is 5.54. The van der Waals surface area contributed by atoms with E-state index < -0.39 is 23.6 Å². The number of hydrogen-bond acceptors (Lipinski definition) is 6. The van der Waals surface area contributed by atoms with E-state index in [-0.39, 0.29) is 12.1 Å². The van der Waals surface area contributed by atoms with Crippen LogP contribution in [0.15, 0.2) is 55.0 Å². The number of ketones is 1. The highest BCUT2D eigenvalue weighted by Gasteiger charge is 2.27. The zero-order chi connectivity index (χ0) is 20.1. The Morgan fingerprint density at radius 2 is 1.93 bits per heavy atom. The lowest BCUT2D eigenvalue weighted by Crippen LogP contribution is -2.47. The van der Waals surface area contributed by atoms with E-state index in [1.54, 1.807) is 43.3 Å². The summed E-state index contributed by atoms with van der Waals surface area (Å²) in [6.45, 7) is 1.73. The van der Waals surface area contributed by atoms with E-state index in [0.717, 1.165) is 5.56 Å². The van der Waals surface area contributed by atoms with Crippen LogP contribution >= 0.6 is 0 Å². The van der Waals surface area contributed by atoms with Crippen molar-refractivity contribution in [2.45, 2.75) is 19.4 Å². The molecule has 3 rings (SSSR count). The van der Waals surface area contributed by atoms with Gasteiger partial charge in [-0.15, -0.1) is 0 Å². The number of primary amides is 1. The molecule has 3 N–H and O–H groups in total. The van der Waals surface area contributed by atoms with Crippen LogP contribution in [-0.4, -0.2) is 43.4 Å². The molecule has 0 aliphatic heterocycles. The SMILES string of the molecule is Cc1cc(C(=O)NC(Cc2ccccc2)C(=O)C(N)=O)n(-c2ccncn2)n1. The molecule has 142 valence electrons. The van der Waals surface area contributed by atoms with E-state index in [1.807, 2.05) is 6.07 Å². The smallest absolute Gasteiger partial charge is 0.287 e. The average Bonchev–Trinajstić information content (AvgIpc) is 3.10. The molecular formula is C19H18N6O3. The molecule has 0 saturated carbocycles. The highest BCUT2D eigenvalue weighted by molar-refractivity contribution is 6.38. The summed E-state index contributed by atoms with van der Waals surface area (Å²) in [5.74, 6) is -2.16. The third kappa shape index (κ3) is 4.26. The number of benzene rings is 1. The number of carbonyl (C=O) groups excluding carboxylic acids is 3. The molecule has 1 aromatic carbocycles. The van der Waals surface area contributed by atoms with Crippen LogP contribution < -0.4 is 11.1 Å². The number of aryl methyl sites for hydroxylation is 1. The summed E-state index contributed by atoms with van der Waals surface area (Å²) in [5.41, 5.74) is 6.70. The fraction of sp³-hybridized carbons (Fsp3) is 0.158. The van der Waals surface area contributed by atoms with Gasteiger partial charge >= 0.3 is 0 Å². The molecule has 9 heteroatoms. The van der Waals surface area contributed by atoms with Crippen LogP contribution in [0.25, 0.3) is 5.82 Å². The summed E-state index contributed by atoms with van der Waals surface area (Å²) < 4.78 is 1.35. The summed E-state index contributed by atoms with van der Waals surface area (Å²) >= 11 is 0. The lowest BCUT2D eigenvalue weighted by atomic mass is 10.0. The molecule has 0 bridgehead atoms. The van der Waals surface area contributed by atoms with E-state index in [9.17, 15) is 14.4 Å². The van der Waals surface area contributed by atoms with Gasteiger partial charge in [-0.25, -0.2) is 14.6 Å². The van der Waals surface area contributed by atoms with Crippen molar-refractivity contribution in [1.82, 2.24) is 25.1 Å². The van der Waals surface area contributed by atoms with Crippen molar-refractivity contribution in [1.29, 1.82) is 0 Å². The molecular weight excluding hydrogens is 360 g/mol. The largest absolute Gasteiger partial charge is 0.363 e. The van der Waals surface area contributed by atoms with Gasteiger partial charge < -0.3 is 11.1 Å². The molecule has 0 saturated heterocycles. The summed E-state index contributed by atoms with van der Waals surface area (Å²) in [6.07, 6.45) is 2.99. The number of rotatable bonds is 7. The first-order valence-corrected chi connectivity index (χ1v) is 8.47. The van der Waals surface area contributed by atoms with Crippen LogP contribution in [0.3, 0.4) is 0 Å². The molecule has 3 aromatic rings. The third-order valence-electron chi connectivity index (χ3n) is 3.99. The Bertz CT molecular complexity index is 1000. The van der Waals surface area contributed by atoms with E-state index in [4.69, 9.17) is 5.73 Å². The monoisotopic (exact) mass is 378 g/mol. The maximum absolute atomic E-state index is 12.9. The van der Waals surface area contributed by atoms with Gasteiger partial charge in [0, 0.05) is 18.7 Å². The fourth-order valence-corrected chi connectivity index (χ4v) is 2.71. The highest BCUT2D eigenvalue weighted by Crippen LogP contribution is 2.11. The average molecular weight is 378 g/mol. The summed E-state index contributed by atoms with van der Waals surface area (Å²) in [4.78, 5) is 44.5. The topological polar surface area (TPSA) is 133 Å². The van der Waals surface area contributed by atoms with Gasteiger partial charge in [-0.1, -0.05) is 30.3 Å². The molecule has 2 heterocycles. The standard InChI is InChI=1S/C19H18N6O3/c1-12-9-15(25(24-12)16-7-8-21-11-22-16)19(28)23-14(17(26)18(20)27)10-13-5-3-2-4-6-13/h2-9,11,14H,10H2,1H3,(H2,20,27)(H,23,28). The second-order valence-electron chi connectivity index (χ2n) is 6.09. The van der Waals surface area contributed by atoms with Crippen LogP contribution in [0.1, 0.15) is 21.7 Å². The Labute approximate surface area is 160 Å². The number of nitrogens with one attached hydrogen (secondary N) is 1. The van der Waals surface area contributed by atoms with E-state index in [0.29, 0.717) is 11.5 Å². The van der Waals surface area contributed by atoms with Crippen molar-refractivity contribution in [2.24, 2.45) is 5.73 Å². The second-order valence-corrected chi connectivity index (χ2v) is 6.09. The molecule has 1 unspecified atom stereocenters. The van der Waals surface area contributed by atoms with Gasteiger partial charge in [0.1, 0.15) is 18.1 Å². The van der Waals surface area contributed by atoms with E-state index in [1.165, 1.54) is 17.2 Å². The van der Waals surface area contributed by atoms with Gasteiger partial charge in [0.2, 0.25) is 5.78 Å². The Morgan fingerprint density at radius 1 is 1.18 bits per heavy atom. The van der Waals surface area contributed by atoms with Crippen LogP contribution in [0.2, 0.25) is 0 Å². The van der Waals surface area contributed by atoms with Crippen molar-refractivity contribution < 1.29 is 14.4 Å². The molecule has 2 aromatic heterocycles. The molecule has 1 atom stereocenters. The normalized spacial score (nSPS) is 11.6. The minimum Gasteiger partial charge on any atom is -0.363 e. The van der Waals surface area contributed by atoms with Crippen LogP contribution in [-0.2, 0) is 16.0 Å². The predicted octanol–water partition coefficient (Wildman–Crippen LogP) is 0.366. The summed E-state index contributed by atoms with van der Waals surface area (Å²) in [6, 6.07) is 11.1. The van der Waals surface area contributed by atoms with Crippen molar-refractivity contribution >= 4 is 17.6 Å². The first kappa shape index (κ1) is 18.9.